The first kappa shape index (κ1) is 12.3. The lowest BCUT2D eigenvalue weighted by molar-refractivity contribution is 0.410. The zero-order valence-corrected chi connectivity index (χ0v) is 9.44. The Morgan fingerprint density at radius 1 is 1.47 bits per heavy atom. The molecule has 1 aromatic carbocycles. The van der Waals surface area contributed by atoms with Crippen molar-refractivity contribution < 1.29 is 9.13 Å². The molecule has 84 valence electrons. The third-order valence-corrected chi connectivity index (χ3v) is 2.71. The second-order valence-corrected chi connectivity index (χ2v) is 3.58. The molecule has 0 bridgehead atoms. The molecule has 2 nitrogen and oxygen atoms in total. The zero-order valence-electron chi connectivity index (χ0n) is 8.63. The van der Waals surface area contributed by atoms with Gasteiger partial charge < -0.3 is 10.1 Å². The molecular weight excluding hydrogens is 217 g/mol. The molecule has 2 rings (SSSR count). The van der Waals surface area contributed by atoms with E-state index in [4.69, 9.17) is 4.74 Å². The molecule has 0 aliphatic carbocycles. The first-order valence-corrected chi connectivity index (χ1v) is 4.85. The average Bonchev–Trinajstić information content (AvgIpc) is 2.70. The van der Waals surface area contributed by atoms with Crippen LogP contribution in [0.3, 0.4) is 0 Å². The highest BCUT2D eigenvalue weighted by molar-refractivity contribution is 5.85. The van der Waals surface area contributed by atoms with Crippen molar-refractivity contribution in [1.29, 1.82) is 0 Å². The van der Waals surface area contributed by atoms with Crippen LogP contribution in [0, 0.1) is 5.82 Å². The molecular formula is C11H15ClFNO. The van der Waals surface area contributed by atoms with E-state index in [0.717, 1.165) is 25.1 Å². The Morgan fingerprint density at radius 3 is 2.80 bits per heavy atom. The lowest BCUT2D eigenvalue weighted by Gasteiger charge is -2.10. The number of ether oxygens (including phenoxy) is 1. The molecule has 1 heterocycles. The minimum absolute atomic E-state index is 0. The monoisotopic (exact) mass is 231 g/mol. The van der Waals surface area contributed by atoms with Crippen LogP contribution in [0.25, 0.3) is 0 Å². The van der Waals surface area contributed by atoms with Gasteiger partial charge in [0.05, 0.1) is 7.11 Å². The second kappa shape index (κ2) is 5.33. The molecule has 1 aromatic rings. The van der Waals surface area contributed by atoms with Crippen molar-refractivity contribution in [2.45, 2.75) is 12.3 Å². The Kier molecular flexibility index (Phi) is 4.36. The molecule has 1 atom stereocenters. The van der Waals surface area contributed by atoms with Gasteiger partial charge in [-0.15, -0.1) is 12.4 Å². The van der Waals surface area contributed by atoms with Crippen molar-refractivity contribution in [2.24, 2.45) is 0 Å². The average molecular weight is 232 g/mol. The Balaban J connectivity index is 0.00000112. The third-order valence-electron chi connectivity index (χ3n) is 2.71. The van der Waals surface area contributed by atoms with Crippen LogP contribution in [0.4, 0.5) is 4.39 Å². The van der Waals surface area contributed by atoms with Crippen LogP contribution >= 0.6 is 12.4 Å². The van der Waals surface area contributed by atoms with Gasteiger partial charge in [0.1, 0.15) is 11.6 Å². The van der Waals surface area contributed by atoms with Crippen molar-refractivity contribution in [2.75, 3.05) is 20.2 Å². The lowest BCUT2D eigenvalue weighted by atomic mass is 9.98. The SMILES string of the molecule is COc1ccc(C2CCNC2)c(F)c1.Cl. The van der Waals surface area contributed by atoms with E-state index in [0.29, 0.717) is 11.7 Å². The normalized spacial score (nSPS) is 19.7. The summed E-state index contributed by atoms with van der Waals surface area (Å²) in [6.07, 6.45) is 1.02. The van der Waals surface area contributed by atoms with E-state index in [-0.39, 0.29) is 18.2 Å². The largest absolute Gasteiger partial charge is 0.497 e. The van der Waals surface area contributed by atoms with Gasteiger partial charge in [0.2, 0.25) is 0 Å². The Hall–Kier alpha value is -0.800. The molecule has 0 aromatic heterocycles. The predicted molar refractivity (Wildman–Crippen MR) is 60.4 cm³/mol. The number of halogens is 2. The predicted octanol–water partition coefficient (Wildman–Crippen LogP) is 2.33. The van der Waals surface area contributed by atoms with Gasteiger partial charge in [0.25, 0.3) is 0 Å². The fourth-order valence-electron chi connectivity index (χ4n) is 1.89. The van der Waals surface area contributed by atoms with E-state index in [1.54, 1.807) is 7.11 Å². The smallest absolute Gasteiger partial charge is 0.130 e. The van der Waals surface area contributed by atoms with Crippen LogP contribution in [0.15, 0.2) is 18.2 Å². The minimum Gasteiger partial charge on any atom is -0.497 e. The van der Waals surface area contributed by atoms with Gasteiger partial charge >= 0.3 is 0 Å². The van der Waals surface area contributed by atoms with E-state index < -0.39 is 0 Å². The Morgan fingerprint density at radius 2 is 2.27 bits per heavy atom. The van der Waals surface area contributed by atoms with Gasteiger partial charge in [-0.1, -0.05) is 6.07 Å². The van der Waals surface area contributed by atoms with Gasteiger partial charge in [0.15, 0.2) is 0 Å². The number of benzene rings is 1. The van der Waals surface area contributed by atoms with Gasteiger partial charge in [0, 0.05) is 18.5 Å². The van der Waals surface area contributed by atoms with Crippen LogP contribution in [0.2, 0.25) is 0 Å². The molecule has 4 heteroatoms. The second-order valence-electron chi connectivity index (χ2n) is 3.58. The maximum Gasteiger partial charge on any atom is 0.130 e. The highest BCUT2D eigenvalue weighted by atomic mass is 35.5. The summed E-state index contributed by atoms with van der Waals surface area (Å²) < 4.78 is 18.5. The van der Waals surface area contributed by atoms with E-state index in [9.17, 15) is 4.39 Å². The first-order valence-electron chi connectivity index (χ1n) is 4.85. The van der Waals surface area contributed by atoms with E-state index in [2.05, 4.69) is 5.32 Å². The van der Waals surface area contributed by atoms with Crippen molar-refractivity contribution in [3.63, 3.8) is 0 Å². The van der Waals surface area contributed by atoms with Crippen LogP contribution in [-0.4, -0.2) is 20.2 Å². The van der Waals surface area contributed by atoms with Crippen LogP contribution in [-0.2, 0) is 0 Å². The highest BCUT2D eigenvalue weighted by Gasteiger charge is 2.19. The number of hydrogen-bond donors (Lipinski definition) is 1. The van der Waals surface area contributed by atoms with Gasteiger partial charge in [-0.3, -0.25) is 0 Å². The molecule has 0 spiro atoms. The molecule has 1 unspecified atom stereocenters. The summed E-state index contributed by atoms with van der Waals surface area (Å²) in [6.45, 7) is 1.86. The summed E-state index contributed by atoms with van der Waals surface area (Å²) in [5.41, 5.74) is 0.802. The number of methoxy groups -OCH3 is 1. The van der Waals surface area contributed by atoms with Crippen molar-refractivity contribution in [1.82, 2.24) is 5.32 Å². The maximum absolute atomic E-state index is 13.6. The fraction of sp³-hybridized carbons (Fsp3) is 0.455. The van der Waals surface area contributed by atoms with Gasteiger partial charge in [-0.25, -0.2) is 4.39 Å². The van der Waals surface area contributed by atoms with Crippen molar-refractivity contribution in [3.8, 4) is 5.75 Å². The fourth-order valence-corrected chi connectivity index (χ4v) is 1.89. The van der Waals surface area contributed by atoms with E-state index in [1.165, 1.54) is 6.07 Å². The summed E-state index contributed by atoms with van der Waals surface area (Å²) in [6, 6.07) is 5.09. The van der Waals surface area contributed by atoms with Crippen molar-refractivity contribution in [3.05, 3.63) is 29.6 Å². The first-order chi connectivity index (χ1) is 6.81. The quantitative estimate of drug-likeness (QED) is 0.844. The molecule has 0 radical (unpaired) electrons. The number of hydrogen-bond acceptors (Lipinski definition) is 2. The number of rotatable bonds is 2. The summed E-state index contributed by atoms with van der Waals surface area (Å²) in [4.78, 5) is 0. The van der Waals surface area contributed by atoms with E-state index in [1.807, 2.05) is 12.1 Å². The molecule has 1 N–H and O–H groups in total. The number of nitrogens with one attached hydrogen (secondary N) is 1. The third kappa shape index (κ3) is 2.61. The van der Waals surface area contributed by atoms with E-state index >= 15 is 0 Å². The highest BCUT2D eigenvalue weighted by Crippen LogP contribution is 2.27. The Labute approximate surface area is 95.2 Å². The minimum atomic E-state index is -0.155. The van der Waals surface area contributed by atoms with Crippen LogP contribution < -0.4 is 10.1 Å². The molecule has 1 fully saturated rings. The maximum atomic E-state index is 13.6. The molecule has 1 saturated heterocycles. The summed E-state index contributed by atoms with van der Waals surface area (Å²) in [5, 5.41) is 3.23. The van der Waals surface area contributed by atoms with Gasteiger partial charge in [-0.2, -0.15) is 0 Å². The summed E-state index contributed by atoms with van der Waals surface area (Å²) in [5.74, 6) is 0.746. The lowest BCUT2D eigenvalue weighted by Crippen LogP contribution is -2.08. The van der Waals surface area contributed by atoms with Crippen molar-refractivity contribution >= 4 is 12.4 Å². The zero-order chi connectivity index (χ0) is 9.97. The standard InChI is InChI=1S/C11H14FNO.ClH/c1-14-9-2-3-10(11(12)6-9)8-4-5-13-7-8;/h2-3,6,8,13H,4-5,7H2,1H3;1H. The molecule has 0 amide bonds. The molecule has 1 aliphatic heterocycles. The van der Waals surface area contributed by atoms with Crippen LogP contribution in [0.5, 0.6) is 5.75 Å². The summed E-state index contributed by atoms with van der Waals surface area (Å²) in [7, 11) is 1.55. The van der Waals surface area contributed by atoms with Gasteiger partial charge in [-0.05, 0) is 24.6 Å². The molecule has 15 heavy (non-hydrogen) atoms. The molecule has 1 aliphatic rings. The Bertz CT molecular complexity index is 326. The van der Waals surface area contributed by atoms with Crippen LogP contribution in [0.1, 0.15) is 17.9 Å². The topological polar surface area (TPSA) is 21.3 Å². The molecule has 0 saturated carbocycles. The summed E-state index contributed by atoms with van der Waals surface area (Å²) >= 11 is 0.